The first-order valence-electron chi connectivity index (χ1n) is 7.23. The fourth-order valence-corrected chi connectivity index (χ4v) is 3.53. The largest absolute Gasteiger partial charge is 0.381 e. The van der Waals surface area contributed by atoms with E-state index in [1.54, 1.807) is 0 Å². The van der Waals surface area contributed by atoms with E-state index in [-0.39, 0.29) is 0 Å². The topological polar surface area (TPSA) is 21.3 Å². The van der Waals surface area contributed by atoms with Crippen LogP contribution < -0.4 is 5.32 Å². The highest BCUT2D eigenvalue weighted by Gasteiger charge is 2.27. The smallest absolute Gasteiger partial charge is 0.0586 e. The summed E-state index contributed by atoms with van der Waals surface area (Å²) in [6.45, 7) is 0. The van der Waals surface area contributed by atoms with Gasteiger partial charge in [-0.15, -0.1) is 0 Å². The zero-order valence-corrected chi connectivity index (χ0v) is 11.2. The quantitative estimate of drug-likeness (QED) is 0.883. The Bertz CT molecular complexity index is 404. The first-order chi connectivity index (χ1) is 8.86. The van der Waals surface area contributed by atoms with Crippen LogP contribution >= 0.6 is 0 Å². The van der Waals surface area contributed by atoms with E-state index < -0.39 is 0 Å². The van der Waals surface area contributed by atoms with Crippen molar-refractivity contribution in [2.45, 2.75) is 56.7 Å². The Labute approximate surface area is 110 Å². The van der Waals surface area contributed by atoms with Gasteiger partial charge in [0.05, 0.1) is 6.10 Å². The molecule has 1 saturated carbocycles. The maximum atomic E-state index is 5.52. The molecule has 3 unspecified atom stereocenters. The molecule has 1 aromatic carbocycles. The van der Waals surface area contributed by atoms with Crippen LogP contribution in [0.5, 0.6) is 0 Å². The van der Waals surface area contributed by atoms with Crippen molar-refractivity contribution in [3.8, 4) is 0 Å². The molecule has 98 valence electrons. The Hall–Kier alpha value is -0.860. The molecule has 0 amide bonds. The van der Waals surface area contributed by atoms with E-state index in [0.717, 1.165) is 0 Å². The lowest BCUT2D eigenvalue weighted by molar-refractivity contribution is 0.0569. The molecule has 0 spiro atoms. The van der Waals surface area contributed by atoms with E-state index in [1.807, 2.05) is 7.11 Å². The Morgan fingerprint density at radius 1 is 1.17 bits per heavy atom. The maximum Gasteiger partial charge on any atom is 0.0586 e. The number of nitrogens with one attached hydrogen (secondary N) is 1. The molecule has 0 heterocycles. The fourth-order valence-electron chi connectivity index (χ4n) is 3.53. The van der Waals surface area contributed by atoms with Crippen LogP contribution in [0.1, 0.15) is 49.3 Å². The van der Waals surface area contributed by atoms with Gasteiger partial charge in [-0.1, -0.05) is 24.3 Å². The molecule has 1 aromatic rings. The van der Waals surface area contributed by atoms with Crippen molar-refractivity contribution in [2.75, 3.05) is 7.11 Å². The van der Waals surface area contributed by atoms with Gasteiger partial charge < -0.3 is 10.1 Å². The zero-order valence-electron chi connectivity index (χ0n) is 11.2. The average Bonchev–Trinajstić information content (AvgIpc) is 2.83. The normalized spacial score (nSPS) is 31.3. The lowest BCUT2D eigenvalue weighted by Crippen LogP contribution is -2.38. The second-order valence-corrected chi connectivity index (χ2v) is 5.68. The van der Waals surface area contributed by atoms with E-state index in [4.69, 9.17) is 4.74 Å². The van der Waals surface area contributed by atoms with Crippen molar-refractivity contribution >= 4 is 0 Å². The van der Waals surface area contributed by atoms with E-state index in [1.165, 1.54) is 49.7 Å². The third kappa shape index (κ3) is 2.45. The lowest BCUT2D eigenvalue weighted by Gasteiger charge is -2.31. The molecule has 2 nitrogen and oxygen atoms in total. The summed E-state index contributed by atoms with van der Waals surface area (Å²) in [6, 6.07) is 10.1. The molecular weight excluding hydrogens is 222 g/mol. The summed E-state index contributed by atoms with van der Waals surface area (Å²) in [6.07, 6.45) is 7.96. The van der Waals surface area contributed by atoms with Crippen LogP contribution in [0.25, 0.3) is 0 Å². The van der Waals surface area contributed by atoms with Crippen LogP contribution in [0.15, 0.2) is 24.3 Å². The van der Waals surface area contributed by atoms with E-state index in [0.29, 0.717) is 18.2 Å². The van der Waals surface area contributed by atoms with Gasteiger partial charge in [0, 0.05) is 19.2 Å². The Morgan fingerprint density at radius 2 is 2.06 bits per heavy atom. The third-order valence-electron chi connectivity index (χ3n) is 4.53. The monoisotopic (exact) mass is 245 g/mol. The predicted molar refractivity (Wildman–Crippen MR) is 73.7 cm³/mol. The standard InChI is InChI=1S/C16H23NO/c1-18-14-7-4-6-13(11-14)17-16-10-9-12-5-2-3-8-15(12)16/h2-3,5,8,13-14,16-17H,4,6-7,9-11H2,1H3. The number of aryl methyl sites for hydroxylation is 1. The first kappa shape index (κ1) is 12.2. The second kappa shape index (κ2) is 5.41. The number of fused-ring (bicyclic) bond motifs is 1. The minimum absolute atomic E-state index is 0.466. The minimum atomic E-state index is 0.466. The molecule has 18 heavy (non-hydrogen) atoms. The molecule has 3 atom stereocenters. The summed E-state index contributed by atoms with van der Waals surface area (Å²) in [5.41, 5.74) is 3.06. The summed E-state index contributed by atoms with van der Waals surface area (Å²) < 4.78 is 5.52. The van der Waals surface area contributed by atoms with Crippen molar-refractivity contribution < 1.29 is 4.74 Å². The summed E-state index contributed by atoms with van der Waals surface area (Å²) in [7, 11) is 1.85. The molecule has 0 aliphatic heterocycles. The van der Waals surface area contributed by atoms with Crippen molar-refractivity contribution in [1.82, 2.24) is 5.32 Å². The molecule has 1 fully saturated rings. The number of benzene rings is 1. The molecule has 0 saturated heterocycles. The van der Waals surface area contributed by atoms with Crippen LogP contribution in [0.4, 0.5) is 0 Å². The van der Waals surface area contributed by atoms with Gasteiger partial charge >= 0.3 is 0 Å². The van der Waals surface area contributed by atoms with E-state index in [2.05, 4.69) is 29.6 Å². The van der Waals surface area contributed by atoms with Crippen LogP contribution in [0, 0.1) is 0 Å². The number of ether oxygens (including phenoxy) is 1. The highest BCUT2D eigenvalue weighted by Crippen LogP contribution is 2.32. The second-order valence-electron chi connectivity index (χ2n) is 5.68. The molecule has 1 N–H and O–H groups in total. The summed E-state index contributed by atoms with van der Waals surface area (Å²) in [5, 5.41) is 3.86. The zero-order chi connectivity index (χ0) is 12.4. The molecular formula is C16H23NO. The molecule has 0 aromatic heterocycles. The van der Waals surface area contributed by atoms with Gasteiger partial charge in [0.15, 0.2) is 0 Å². The molecule has 2 aliphatic rings. The van der Waals surface area contributed by atoms with Crippen LogP contribution in [-0.2, 0) is 11.2 Å². The third-order valence-corrected chi connectivity index (χ3v) is 4.53. The van der Waals surface area contributed by atoms with Crippen molar-refractivity contribution in [3.05, 3.63) is 35.4 Å². The molecule has 2 heteroatoms. The summed E-state index contributed by atoms with van der Waals surface area (Å²) in [5.74, 6) is 0. The van der Waals surface area contributed by atoms with E-state index in [9.17, 15) is 0 Å². The maximum absolute atomic E-state index is 5.52. The van der Waals surface area contributed by atoms with Crippen molar-refractivity contribution in [1.29, 1.82) is 0 Å². The lowest BCUT2D eigenvalue weighted by atomic mass is 9.92. The highest BCUT2D eigenvalue weighted by atomic mass is 16.5. The number of rotatable bonds is 3. The van der Waals surface area contributed by atoms with Gasteiger partial charge in [0.1, 0.15) is 0 Å². The van der Waals surface area contributed by atoms with Gasteiger partial charge in [-0.25, -0.2) is 0 Å². The van der Waals surface area contributed by atoms with E-state index >= 15 is 0 Å². The Kier molecular flexibility index (Phi) is 3.67. The molecule has 3 rings (SSSR count). The van der Waals surface area contributed by atoms with Crippen LogP contribution in [0.3, 0.4) is 0 Å². The Balaban J connectivity index is 1.64. The van der Waals surface area contributed by atoms with Gasteiger partial charge in [-0.05, 0) is 49.7 Å². The van der Waals surface area contributed by atoms with Crippen LogP contribution in [-0.4, -0.2) is 19.3 Å². The summed E-state index contributed by atoms with van der Waals surface area (Å²) >= 11 is 0. The van der Waals surface area contributed by atoms with Gasteiger partial charge in [-0.2, -0.15) is 0 Å². The van der Waals surface area contributed by atoms with Gasteiger partial charge in [-0.3, -0.25) is 0 Å². The molecule has 0 radical (unpaired) electrons. The minimum Gasteiger partial charge on any atom is -0.381 e. The van der Waals surface area contributed by atoms with Crippen molar-refractivity contribution in [3.63, 3.8) is 0 Å². The first-order valence-corrected chi connectivity index (χ1v) is 7.23. The molecule has 2 aliphatic carbocycles. The van der Waals surface area contributed by atoms with Crippen molar-refractivity contribution in [2.24, 2.45) is 0 Å². The highest BCUT2D eigenvalue weighted by molar-refractivity contribution is 5.34. The van der Waals surface area contributed by atoms with Gasteiger partial charge in [0.2, 0.25) is 0 Å². The fraction of sp³-hybridized carbons (Fsp3) is 0.625. The SMILES string of the molecule is COC1CCCC(NC2CCc3ccccc32)C1. The average molecular weight is 245 g/mol. The summed E-state index contributed by atoms with van der Waals surface area (Å²) in [4.78, 5) is 0. The number of hydrogen-bond acceptors (Lipinski definition) is 2. The Morgan fingerprint density at radius 3 is 2.94 bits per heavy atom. The molecule has 0 bridgehead atoms. The van der Waals surface area contributed by atoms with Crippen LogP contribution in [0.2, 0.25) is 0 Å². The predicted octanol–water partition coefficient (Wildman–Crippen LogP) is 3.22. The number of methoxy groups -OCH3 is 1. The number of hydrogen-bond donors (Lipinski definition) is 1. The van der Waals surface area contributed by atoms with Gasteiger partial charge in [0.25, 0.3) is 0 Å².